The Morgan fingerprint density at radius 2 is 2.00 bits per heavy atom. The SMILES string of the molecule is CC[C@H](C)[C@H](N)C(=O)NCC(=O)NC. The van der Waals surface area contributed by atoms with E-state index in [4.69, 9.17) is 5.73 Å². The van der Waals surface area contributed by atoms with Crippen LogP contribution in [0.3, 0.4) is 0 Å². The molecule has 0 aliphatic carbocycles. The van der Waals surface area contributed by atoms with Crippen molar-refractivity contribution in [3.63, 3.8) is 0 Å². The molecule has 0 heterocycles. The molecule has 0 aliphatic heterocycles. The number of nitrogens with one attached hydrogen (secondary N) is 2. The highest BCUT2D eigenvalue weighted by Gasteiger charge is 2.19. The van der Waals surface area contributed by atoms with Gasteiger partial charge in [0.1, 0.15) is 0 Å². The monoisotopic (exact) mass is 201 g/mol. The molecule has 14 heavy (non-hydrogen) atoms. The molecule has 5 nitrogen and oxygen atoms in total. The summed E-state index contributed by atoms with van der Waals surface area (Å²) < 4.78 is 0. The summed E-state index contributed by atoms with van der Waals surface area (Å²) in [4.78, 5) is 22.2. The average molecular weight is 201 g/mol. The molecule has 0 saturated carbocycles. The summed E-state index contributed by atoms with van der Waals surface area (Å²) in [6.45, 7) is 3.86. The molecule has 0 rings (SSSR count). The van der Waals surface area contributed by atoms with Crippen LogP contribution in [0.4, 0.5) is 0 Å². The van der Waals surface area contributed by atoms with Crippen molar-refractivity contribution >= 4 is 11.8 Å². The third-order valence-corrected chi connectivity index (χ3v) is 2.26. The minimum Gasteiger partial charge on any atom is -0.358 e. The van der Waals surface area contributed by atoms with Gasteiger partial charge < -0.3 is 16.4 Å². The third kappa shape index (κ3) is 4.23. The van der Waals surface area contributed by atoms with Crippen molar-refractivity contribution in [1.29, 1.82) is 0 Å². The van der Waals surface area contributed by atoms with Gasteiger partial charge >= 0.3 is 0 Å². The fourth-order valence-electron chi connectivity index (χ4n) is 0.886. The maximum atomic E-state index is 11.3. The summed E-state index contributed by atoms with van der Waals surface area (Å²) in [7, 11) is 1.52. The Balaban J connectivity index is 3.90. The molecule has 0 saturated heterocycles. The van der Waals surface area contributed by atoms with E-state index in [0.717, 1.165) is 6.42 Å². The molecule has 2 amide bonds. The van der Waals surface area contributed by atoms with Gasteiger partial charge in [0.05, 0.1) is 12.6 Å². The standard InChI is InChI=1S/C9H19N3O2/c1-4-6(2)8(10)9(14)12-5-7(13)11-3/h6,8H,4-5,10H2,1-3H3,(H,11,13)(H,12,14)/t6-,8-/m0/s1. The van der Waals surface area contributed by atoms with E-state index in [1.54, 1.807) is 0 Å². The number of rotatable bonds is 5. The van der Waals surface area contributed by atoms with Crippen LogP contribution in [-0.2, 0) is 9.59 Å². The third-order valence-electron chi connectivity index (χ3n) is 2.26. The van der Waals surface area contributed by atoms with Gasteiger partial charge in [-0.25, -0.2) is 0 Å². The first-order chi connectivity index (χ1) is 6.52. The van der Waals surface area contributed by atoms with Crippen molar-refractivity contribution in [3.8, 4) is 0 Å². The van der Waals surface area contributed by atoms with Gasteiger partial charge in [0.25, 0.3) is 0 Å². The van der Waals surface area contributed by atoms with Crippen LogP contribution < -0.4 is 16.4 Å². The molecular weight excluding hydrogens is 182 g/mol. The molecule has 0 aromatic heterocycles. The number of hydrogen-bond donors (Lipinski definition) is 3. The first-order valence-corrected chi connectivity index (χ1v) is 4.76. The lowest BCUT2D eigenvalue weighted by Crippen LogP contribution is -2.47. The highest BCUT2D eigenvalue weighted by molar-refractivity contribution is 5.87. The zero-order chi connectivity index (χ0) is 11.1. The summed E-state index contributed by atoms with van der Waals surface area (Å²) in [5, 5.41) is 4.88. The fourth-order valence-corrected chi connectivity index (χ4v) is 0.886. The van der Waals surface area contributed by atoms with Gasteiger partial charge in [0.2, 0.25) is 11.8 Å². The molecule has 2 atom stereocenters. The van der Waals surface area contributed by atoms with Gasteiger partial charge in [0, 0.05) is 7.05 Å². The first-order valence-electron chi connectivity index (χ1n) is 4.76. The lowest BCUT2D eigenvalue weighted by molar-refractivity contribution is -0.127. The van der Waals surface area contributed by atoms with Crippen molar-refractivity contribution in [1.82, 2.24) is 10.6 Å². The van der Waals surface area contributed by atoms with Gasteiger partial charge in [-0.15, -0.1) is 0 Å². The molecule has 0 aromatic carbocycles. The highest BCUT2D eigenvalue weighted by atomic mass is 16.2. The highest BCUT2D eigenvalue weighted by Crippen LogP contribution is 2.04. The van der Waals surface area contributed by atoms with E-state index in [0.29, 0.717) is 0 Å². The summed E-state index contributed by atoms with van der Waals surface area (Å²) in [6.07, 6.45) is 0.842. The van der Waals surface area contributed by atoms with E-state index < -0.39 is 6.04 Å². The Morgan fingerprint density at radius 1 is 1.43 bits per heavy atom. The van der Waals surface area contributed by atoms with Gasteiger partial charge in [-0.3, -0.25) is 9.59 Å². The van der Waals surface area contributed by atoms with Crippen LogP contribution in [0, 0.1) is 5.92 Å². The second-order valence-corrected chi connectivity index (χ2v) is 3.30. The van der Waals surface area contributed by atoms with Crippen molar-refractivity contribution in [2.45, 2.75) is 26.3 Å². The van der Waals surface area contributed by atoms with E-state index in [9.17, 15) is 9.59 Å². The molecule has 4 N–H and O–H groups in total. The number of nitrogens with two attached hydrogens (primary N) is 1. The van der Waals surface area contributed by atoms with Crippen molar-refractivity contribution in [3.05, 3.63) is 0 Å². The molecule has 0 spiro atoms. The van der Waals surface area contributed by atoms with Gasteiger partial charge in [0.15, 0.2) is 0 Å². The fraction of sp³-hybridized carbons (Fsp3) is 0.778. The number of carbonyl (C=O) groups excluding carboxylic acids is 2. The summed E-state index contributed by atoms with van der Waals surface area (Å²) in [6, 6.07) is -0.537. The van der Waals surface area contributed by atoms with Gasteiger partial charge in [-0.1, -0.05) is 20.3 Å². The van der Waals surface area contributed by atoms with E-state index in [1.165, 1.54) is 7.05 Å². The molecule has 0 bridgehead atoms. The van der Waals surface area contributed by atoms with Crippen LogP contribution in [-0.4, -0.2) is 31.4 Å². The van der Waals surface area contributed by atoms with Gasteiger partial charge in [-0.05, 0) is 5.92 Å². The van der Waals surface area contributed by atoms with Crippen LogP contribution in [0.1, 0.15) is 20.3 Å². The topological polar surface area (TPSA) is 84.2 Å². The van der Waals surface area contributed by atoms with Crippen LogP contribution in [0.2, 0.25) is 0 Å². The van der Waals surface area contributed by atoms with Crippen LogP contribution in [0.15, 0.2) is 0 Å². The Bertz CT molecular complexity index is 206. The van der Waals surface area contributed by atoms with Crippen LogP contribution in [0.5, 0.6) is 0 Å². The lowest BCUT2D eigenvalue weighted by atomic mass is 9.99. The molecule has 0 radical (unpaired) electrons. The van der Waals surface area contributed by atoms with Crippen molar-refractivity contribution in [2.24, 2.45) is 11.7 Å². The Hall–Kier alpha value is -1.10. The smallest absolute Gasteiger partial charge is 0.239 e. The molecular formula is C9H19N3O2. The Kier molecular flexibility index (Phi) is 5.87. The zero-order valence-corrected chi connectivity index (χ0v) is 8.96. The average Bonchev–Trinajstić information content (AvgIpc) is 2.22. The lowest BCUT2D eigenvalue weighted by Gasteiger charge is -2.17. The summed E-state index contributed by atoms with van der Waals surface area (Å²) in [5.74, 6) is -0.377. The van der Waals surface area contributed by atoms with E-state index >= 15 is 0 Å². The normalized spacial score (nSPS) is 14.3. The molecule has 0 aliphatic rings. The largest absolute Gasteiger partial charge is 0.358 e. The van der Waals surface area contributed by atoms with Crippen LogP contribution in [0.25, 0.3) is 0 Å². The number of amides is 2. The molecule has 82 valence electrons. The van der Waals surface area contributed by atoms with E-state index in [-0.39, 0.29) is 24.3 Å². The Labute approximate surface area is 84.4 Å². The first kappa shape index (κ1) is 12.9. The summed E-state index contributed by atoms with van der Waals surface area (Å²) in [5.41, 5.74) is 5.66. The van der Waals surface area contributed by atoms with Crippen molar-refractivity contribution in [2.75, 3.05) is 13.6 Å². The predicted octanol–water partition coefficient (Wildman–Crippen LogP) is -0.778. The minimum absolute atomic E-state index is 0.0144. The number of hydrogen-bond acceptors (Lipinski definition) is 3. The zero-order valence-electron chi connectivity index (χ0n) is 8.96. The minimum atomic E-state index is -0.537. The Morgan fingerprint density at radius 3 is 2.43 bits per heavy atom. The molecule has 5 heteroatoms. The van der Waals surface area contributed by atoms with E-state index in [2.05, 4.69) is 10.6 Å². The van der Waals surface area contributed by atoms with Crippen molar-refractivity contribution < 1.29 is 9.59 Å². The summed E-state index contributed by atoms with van der Waals surface area (Å²) >= 11 is 0. The maximum absolute atomic E-state index is 11.3. The maximum Gasteiger partial charge on any atom is 0.239 e. The quantitative estimate of drug-likeness (QED) is 0.545. The molecule has 0 aromatic rings. The number of carbonyl (C=O) groups is 2. The molecule has 0 fully saturated rings. The van der Waals surface area contributed by atoms with Gasteiger partial charge in [-0.2, -0.15) is 0 Å². The second kappa shape index (κ2) is 6.37. The van der Waals surface area contributed by atoms with E-state index in [1.807, 2.05) is 13.8 Å². The molecule has 0 unspecified atom stereocenters. The van der Waals surface area contributed by atoms with Crippen LogP contribution >= 0.6 is 0 Å². The second-order valence-electron chi connectivity index (χ2n) is 3.30. The predicted molar refractivity (Wildman–Crippen MR) is 54.5 cm³/mol. The number of likely N-dealkylation sites (N-methyl/N-ethyl adjacent to an activating group) is 1.